The molecule has 1 aliphatic carbocycles. The van der Waals surface area contributed by atoms with Crippen molar-refractivity contribution in [2.45, 2.75) is 46.1 Å². The molecule has 3 nitrogen and oxygen atoms in total. The normalized spacial score (nSPS) is 26.5. The number of carbonyl (C=O) groups is 1. The van der Waals surface area contributed by atoms with Crippen LogP contribution in [0.5, 0.6) is 5.75 Å². The maximum atomic E-state index is 10.8. The Kier molecular flexibility index (Phi) is 4.69. The predicted octanol–water partition coefficient (Wildman–Crippen LogP) is 4.22. The Morgan fingerprint density at radius 3 is 2.45 bits per heavy atom. The summed E-state index contributed by atoms with van der Waals surface area (Å²) in [5, 5.41) is 8.91. The molecule has 1 aromatic carbocycles. The second-order valence-corrected chi connectivity index (χ2v) is 6.31. The molecule has 0 heterocycles. The lowest BCUT2D eigenvalue weighted by atomic mass is 9.75. The van der Waals surface area contributed by atoms with Crippen molar-refractivity contribution >= 4 is 5.97 Å². The van der Waals surface area contributed by atoms with Crippen LogP contribution in [-0.2, 0) is 0 Å². The Hall–Kier alpha value is -1.51. The van der Waals surface area contributed by atoms with E-state index in [1.807, 2.05) is 0 Å². The summed E-state index contributed by atoms with van der Waals surface area (Å²) in [6, 6.07) is 6.74. The van der Waals surface area contributed by atoms with Crippen molar-refractivity contribution in [2.75, 3.05) is 0 Å². The zero-order valence-corrected chi connectivity index (χ0v) is 12.5. The van der Waals surface area contributed by atoms with E-state index >= 15 is 0 Å². The fraction of sp³-hybridized carbons (Fsp3) is 0.588. The van der Waals surface area contributed by atoms with Gasteiger partial charge in [-0.25, -0.2) is 4.79 Å². The number of hydrogen-bond acceptors (Lipinski definition) is 2. The molecule has 20 heavy (non-hydrogen) atoms. The number of carboxylic acid groups (broad SMARTS) is 1. The number of rotatable bonds is 4. The third-order valence-electron chi connectivity index (χ3n) is 4.35. The van der Waals surface area contributed by atoms with E-state index in [1.165, 1.54) is 12.8 Å². The van der Waals surface area contributed by atoms with E-state index in [-0.39, 0.29) is 6.10 Å². The van der Waals surface area contributed by atoms with E-state index in [0.29, 0.717) is 23.3 Å². The van der Waals surface area contributed by atoms with Gasteiger partial charge in [-0.15, -0.1) is 0 Å². The molecule has 0 amide bonds. The molecule has 1 aliphatic rings. The number of carboxylic acids is 1. The highest BCUT2D eigenvalue weighted by molar-refractivity contribution is 5.87. The van der Waals surface area contributed by atoms with Gasteiger partial charge in [-0.05, 0) is 54.9 Å². The fourth-order valence-corrected chi connectivity index (χ4v) is 3.10. The Labute approximate surface area is 121 Å². The molecule has 1 saturated carbocycles. The second-order valence-electron chi connectivity index (χ2n) is 6.31. The molecule has 0 aromatic heterocycles. The van der Waals surface area contributed by atoms with E-state index in [2.05, 4.69) is 20.8 Å². The van der Waals surface area contributed by atoms with Crippen LogP contribution in [-0.4, -0.2) is 17.2 Å². The van der Waals surface area contributed by atoms with Crippen molar-refractivity contribution in [2.24, 2.45) is 17.8 Å². The molecular formula is C17H24O3. The van der Waals surface area contributed by atoms with Gasteiger partial charge in [0, 0.05) is 0 Å². The van der Waals surface area contributed by atoms with Crippen molar-refractivity contribution < 1.29 is 14.6 Å². The van der Waals surface area contributed by atoms with Crippen LogP contribution in [0.3, 0.4) is 0 Å². The number of ether oxygens (including phenoxy) is 1. The van der Waals surface area contributed by atoms with Crippen LogP contribution in [0.25, 0.3) is 0 Å². The molecule has 3 heteroatoms. The van der Waals surface area contributed by atoms with Gasteiger partial charge < -0.3 is 9.84 Å². The smallest absolute Gasteiger partial charge is 0.335 e. The standard InChI is InChI=1S/C17H24O3/c1-11(2)15-9-4-12(3)10-16(15)20-14-7-5-13(6-8-14)17(18)19/h5-8,11-12,15-16H,4,9-10H2,1-3H3,(H,18,19)/t12-,15?,16?/m0/s1. The Bertz CT molecular complexity index is 450. The van der Waals surface area contributed by atoms with Gasteiger partial charge in [-0.1, -0.05) is 27.2 Å². The Morgan fingerprint density at radius 2 is 1.90 bits per heavy atom. The zero-order chi connectivity index (χ0) is 14.7. The van der Waals surface area contributed by atoms with Crippen LogP contribution in [0.15, 0.2) is 24.3 Å². The van der Waals surface area contributed by atoms with E-state index in [4.69, 9.17) is 9.84 Å². The highest BCUT2D eigenvalue weighted by Gasteiger charge is 2.32. The lowest BCUT2D eigenvalue weighted by Gasteiger charge is -2.37. The first-order chi connectivity index (χ1) is 9.47. The first-order valence-corrected chi connectivity index (χ1v) is 7.47. The molecule has 1 N–H and O–H groups in total. The molecule has 0 spiro atoms. The van der Waals surface area contributed by atoms with Crippen molar-refractivity contribution in [1.29, 1.82) is 0 Å². The quantitative estimate of drug-likeness (QED) is 0.895. The van der Waals surface area contributed by atoms with Crippen molar-refractivity contribution in [3.05, 3.63) is 29.8 Å². The van der Waals surface area contributed by atoms with Gasteiger partial charge >= 0.3 is 5.97 Å². The summed E-state index contributed by atoms with van der Waals surface area (Å²) in [6.07, 6.45) is 3.83. The van der Waals surface area contributed by atoms with E-state index in [0.717, 1.165) is 12.2 Å². The molecule has 3 atom stereocenters. The molecule has 0 bridgehead atoms. The summed E-state index contributed by atoms with van der Waals surface area (Å²) in [4.78, 5) is 10.8. The SMILES string of the molecule is CC(C)C1CC[C@H](C)CC1Oc1ccc(C(=O)O)cc1. The van der Waals surface area contributed by atoms with Crippen LogP contribution in [0.4, 0.5) is 0 Å². The monoisotopic (exact) mass is 276 g/mol. The molecule has 2 rings (SSSR count). The topological polar surface area (TPSA) is 46.5 Å². The van der Waals surface area contributed by atoms with Crippen LogP contribution in [0.2, 0.25) is 0 Å². The molecule has 0 aliphatic heterocycles. The minimum Gasteiger partial charge on any atom is -0.490 e. The maximum Gasteiger partial charge on any atom is 0.335 e. The fourth-order valence-electron chi connectivity index (χ4n) is 3.10. The molecule has 0 radical (unpaired) electrons. The van der Waals surface area contributed by atoms with Gasteiger partial charge in [0.25, 0.3) is 0 Å². The highest BCUT2D eigenvalue weighted by atomic mass is 16.5. The largest absolute Gasteiger partial charge is 0.490 e. The van der Waals surface area contributed by atoms with Gasteiger partial charge in [0.1, 0.15) is 11.9 Å². The molecule has 1 fully saturated rings. The predicted molar refractivity (Wildman–Crippen MR) is 79.2 cm³/mol. The zero-order valence-electron chi connectivity index (χ0n) is 12.5. The van der Waals surface area contributed by atoms with Crippen molar-refractivity contribution in [3.8, 4) is 5.75 Å². The summed E-state index contributed by atoms with van der Waals surface area (Å²) < 4.78 is 6.14. The van der Waals surface area contributed by atoms with E-state index in [1.54, 1.807) is 24.3 Å². The maximum absolute atomic E-state index is 10.8. The Morgan fingerprint density at radius 1 is 1.25 bits per heavy atom. The van der Waals surface area contributed by atoms with Gasteiger partial charge in [0.15, 0.2) is 0 Å². The molecular weight excluding hydrogens is 252 g/mol. The van der Waals surface area contributed by atoms with E-state index in [9.17, 15) is 4.79 Å². The van der Waals surface area contributed by atoms with Crippen LogP contribution >= 0.6 is 0 Å². The van der Waals surface area contributed by atoms with Crippen LogP contribution in [0, 0.1) is 17.8 Å². The average Bonchev–Trinajstić information content (AvgIpc) is 2.39. The van der Waals surface area contributed by atoms with Gasteiger partial charge in [-0.3, -0.25) is 0 Å². The first kappa shape index (κ1) is 14.9. The summed E-state index contributed by atoms with van der Waals surface area (Å²) in [7, 11) is 0. The lowest BCUT2D eigenvalue weighted by molar-refractivity contribution is 0.0460. The minimum absolute atomic E-state index is 0.245. The minimum atomic E-state index is -0.900. The summed E-state index contributed by atoms with van der Waals surface area (Å²) in [5.74, 6) is 1.78. The average molecular weight is 276 g/mol. The summed E-state index contributed by atoms with van der Waals surface area (Å²) in [6.45, 7) is 6.79. The Balaban J connectivity index is 2.07. The van der Waals surface area contributed by atoms with Crippen molar-refractivity contribution in [1.82, 2.24) is 0 Å². The van der Waals surface area contributed by atoms with Crippen molar-refractivity contribution in [3.63, 3.8) is 0 Å². The summed E-state index contributed by atoms with van der Waals surface area (Å²) >= 11 is 0. The molecule has 110 valence electrons. The summed E-state index contributed by atoms with van der Waals surface area (Å²) in [5.41, 5.74) is 0.301. The lowest BCUT2D eigenvalue weighted by Crippen LogP contribution is -2.36. The van der Waals surface area contributed by atoms with E-state index < -0.39 is 5.97 Å². The number of benzene rings is 1. The van der Waals surface area contributed by atoms with Gasteiger partial charge in [0.2, 0.25) is 0 Å². The van der Waals surface area contributed by atoms with Crippen LogP contribution < -0.4 is 4.74 Å². The second kappa shape index (κ2) is 6.29. The third kappa shape index (κ3) is 3.53. The molecule has 2 unspecified atom stereocenters. The number of aromatic carboxylic acids is 1. The van der Waals surface area contributed by atoms with Gasteiger partial charge in [-0.2, -0.15) is 0 Å². The molecule has 1 aromatic rings. The first-order valence-electron chi connectivity index (χ1n) is 7.47. The molecule has 0 saturated heterocycles. The highest BCUT2D eigenvalue weighted by Crippen LogP contribution is 2.35. The van der Waals surface area contributed by atoms with Gasteiger partial charge in [0.05, 0.1) is 5.56 Å². The third-order valence-corrected chi connectivity index (χ3v) is 4.35. The van der Waals surface area contributed by atoms with Crippen LogP contribution in [0.1, 0.15) is 50.4 Å². The number of hydrogen-bond donors (Lipinski definition) is 1.